The molecule has 0 bridgehead atoms. The number of amides is 2. The van der Waals surface area contributed by atoms with E-state index in [-0.39, 0.29) is 11.5 Å². The summed E-state index contributed by atoms with van der Waals surface area (Å²) in [6.45, 7) is 0. The standard InChI is InChI=1S/C17H16N2O3/c1-22-13-9-6-12(7-10-13)8-11-16(20)19-15-5-3-2-4-14(15)17(18)21/h2-11H,1H3,(H2,18,21)(H,19,20). The van der Waals surface area contributed by atoms with Gasteiger partial charge in [0.2, 0.25) is 5.91 Å². The summed E-state index contributed by atoms with van der Waals surface area (Å²) < 4.78 is 5.06. The Balaban J connectivity index is 2.06. The maximum atomic E-state index is 11.9. The number of nitrogens with two attached hydrogens (primary N) is 1. The molecule has 0 aromatic heterocycles. The van der Waals surface area contributed by atoms with Crippen LogP contribution in [0.25, 0.3) is 6.08 Å². The van der Waals surface area contributed by atoms with Crippen LogP contribution < -0.4 is 15.8 Å². The first-order valence-corrected chi connectivity index (χ1v) is 6.62. The van der Waals surface area contributed by atoms with Gasteiger partial charge in [-0.25, -0.2) is 0 Å². The Morgan fingerprint density at radius 2 is 1.77 bits per heavy atom. The van der Waals surface area contributed by atoms with Gasteiger partial charge in [-0.3, -0.25) is 9.59 Å². The Labute approximate surface area is 128 Å². The molecule has 2 rings (SSSR count). The highest BCUT2D eigenvalue weighted by atomic mass is 16.5. The Kier molecular flexibility index (Phi) is 4.93. The molecule has 0 aliphatic rings. The lowest BCUT2D eigenvalue weighted by molar-refractivity contribution is -0.111. The van der Waals surface area contributed by atoms with Crippen molar-refractivity contribution in [3.05, 3.63) is 65.7 Å². The van der Waals surface area contributed by atoms with Crippen LogP contribution in [0.1, 0.15) is 15.9 Å². The predicted octanol–water partition coefficient (Wildman–Crippen LogP) is 2.45. The second-order valence-corrected chi connectivity index (χ2v) is 4.51. The maximum Gasteiger partial charge on any atom is 0.250 e. The first-order chi connectivity index (χ1) is 10.6. The summed E-state index contributed by atoms with van der Waals surface area (Å²) in [4.78, 5) is 23.2. The van der Waals surface area contributed by atoms with Crippen molar-refractivity contribution in [3.8, 4) is 5.75 Å². The molecule has 2 aromatic rings. The lowest BCUT2D eigenvalue weighted by Gasteiger charge is -2.06. The van der Waals surface area contributed by atoms with Gasteiger partial charge < -0.3 is 15.8 Å². The molecule has 0 fully saturated rings. The highest BCUT2D eigenvalue weighted by Crippen LogP contribution is 2.15. The molecule has 22 heavy (non-hydrogen) atoms. The molecule has 2 amide bonds. The van der Waals surface area contributed by atoms with Crippen molar-refractivity contribution in [2.24, 2.45) is 5.73 Å². The Morgan fingerprint density at radius 3 is 2.41 bits per heavy atom. The van der Waals surface area contributed by atoms with E-state index in [1.54, 1.807) is 49.6 Å². The van der Waals surface area contributed by atoms with Crippen LogP contribution in [0.2, 0.25) is 0 Å². The summed E-state index contributed by atoms with van der Waals surface area (Å²) >= 11 is 0. The third-order valence-electron chi connectivity index (χ3n) is 2.99. The minimum Gasteiger partial charge on any atom is -0.497 e. The number of primary amides is 1. The molecule has 112 valence electrons. The van der Waals surface area contributed by atoms with Crippen LogP contribution in [0, 0.1) is 0 Å². The summed E-state index contributed by atoms with van der Waals surface area (Å²) in [5.74, 6) is -0.184. The fourth-order valence-electron chi connectivity index (χ4n) is 1.87. The first kappa shape index (κ1) is 15.3. The van der Waals surface area contributed by atoms with Crippen molar-refractivity contribution in [2.75, 3.05) is 12.4 Å². The predicted molar refractivity (Wildman–Crippen MR) is 85.6 cm³/mol. The van der Waals surface area contributed by atoms with Gasteiger partial charge in [-0.05, 0) is 35.9 Å². The monoisotopic (exact) mass is 296 g/mol. The van der Waals surface area contributed by atoms with Gasteiger partial charge >= 0.3 is 0 Å². The van der Waals surface area contributed by atoms with Crippen LogP contribution in [0.3, 0.4) is 0 Å². The molecule has 0 unspecified atom stereocenters. The molecular weight excluding hydrogens is 280 g/mol. The molecule has 0 atom stereocenters. The minimum absolute atomic E-state index is 0.272. The van der Waals surface area contributed by atoms with Crippen LogP contribution in [-0.4, -0.2) is 18.9 Å². The van der Waals surface area contributed by atoms with E-state index in [1.165, 1.54) is 6.08 Å². The summed E-state index contributed by atoms with van der Waals surface area (Å²) in [5, 5.41) is 2.63. The number of hydrogen-bond donors (Lipinski definition) is 2. The van der Waals surface area contributed by atoms with Crippen molar-refractivity contribution in [3.63, 3.8) is 0 Å². The van der Waals surface area contributed by atoms with Gasteiger partial charge in [0.15, 0.2) is 0 Å². The normalized spacial score (nSPS) is 10.4. The van der Waals surface area contributed by atoms with Crippen LogP contribution in [0.5, 0.6) is 5.75 Å². The number of carbonyl (C=O) groups excluding carboxylic acids is 2. The molecule has 0 radical (unpaired) electrons. The van der Waals surface area contributed by atoms with Crippen molar-refractivity contribution >= 4 is 23.6 Å². The van der Waals surface area contributed by atoms with Gasteiger partial charge in [0.05, 0.1) is 18.4 Å². The van der Waals surface area contributed by atoms with Crippen LogP contribution in [0.15, 0.2) is 54.6 Å². The number of ether oxygens (including phenoxy) is 1. The average molecular weight is 296 g/mol. The van der Waals surface area contributed by atoms with Crippen molar-refractivity contribution in [1.29, 1.82) is 0 Å². The molecule has 0 aliphatic carbocycles. The van der Waals surface area contributed by atoms with Crippen molar-refractivity contribution < 1.29 is 14.3 Å². The Hall–Kier alpha value is -3.08. The fourth-order valence-corrected chi connectivity index (χ4v) is 1.87. The van der Waals surface area contributed by atoms with E-state index in [0.717, 1.165) is 11.3 Å². The van der Waals surface area contributed by atoms with Gasteiger partial charge in [0.1, 0.15) is 5.75 Å². The topological polar surface area (TPSA) is 81.4 Å². The largest absolute Gasteiger partial charge is 0.497 e. The van der Waals surface area contributed by atoms with Crippen molar-refractivity contribution in [1.82, 2.24) is 0 Å². The van der Waals surface area contributed by atoms with Gasteiger partial charge in [-0.1, -0.05) is 24.3 Å². The molecule has 0 spiro atoms. The first-order valence-electron chi connectivity index (χ1n) is 6.62. The number of carbonyl (C=O) groups is 2. The van der Waals surface area contributed by atoms with Crippen molar-refractivity contribution in [2.45, 2.75) is 0 Å². The molecule has 0 aliphatic heterocycles. The highest BCUT2D eigenvalue weighted by Gasteiger charge is 2.08. The van der Waals surface area contributed by atoms with E-state index >= 15 is 0 Å². The van der Waals surface area contributed by atoms with Gasteiger partial charge in [0, 0.05) is 6.08 Å². The van der Waals surface area contributed by atoms with E-state index in [0.29, 0.717) is 5.69 Å². The van der Waals surface area contributed by atoms with Crippen LogP contribution >= 0.6 is 0 Å². The molecular formula is C17H16N2O3. The molecule has 5 nitrogen and oxygen atoms in total. The van der Waals surface area contributed by atoms with E-state index in [2.05, 4.69) is 5.32 Å². The highest BCUT2D eigenvalue weighted by molar-refractivity contribution is 6.07. The zero-order valence-corrected chi connectivity index (χ0v) is 12.1. The molecule has 0 heterocycles. The zero-order valence-electron chi connectivity index (χ0n) is 12.1. The number of nitrogens with one attached hydrogen (secondary N) is 1. The lowest BCUT2D eigenvalue weighted by Crippen LogP contribution is -2.16. The third-order valence-corrected chi connectivity index (χ3v) is 2.99. The maximum absolute atomic E-state index is 11.9. The summed E-state index contributed by atoms with van der Waals surface area (Å²) in [6.07, 6.45) is 3.06. The van der Waals surface area contributed by atoms with Crippen LogP contribution in [-0.2, 0) is 4.79 Å². The summed E-state index contributed by atoms with van der Waals surface area (Å²) in [6, 6.07) is 13.9. The van der Waals surface area contributed by atoms with Gasteiger partial charge in [-0.15, -0.1) is 0 Å². The number of benzene rings is 2. The quantitative estimate of drug-likeness (QED) is 0.831. The molecule has 0 saturated heterocycles. The number of hydrogen-bond acceptors (Lipinski definition) is 3. The average Bonchev–Trinajstić information content (AvgIpc) is 2.53. The fraction of sp³-hybridized carbons (Fsp3) is 0.0588. The molecule has 3 N–H and O–H groups in total. The second-order valence-electron chi connectivity index (χ2n) is 4.51. The summed E-state index contributed by atoms with van der Waals surface area (Å²) in [5.41, 5.74) is 6.78. The second kappa shape index (κ2) is 7.08. The van der Waals surface area contributed by atoms with E-state index < -0.39 is 5.91 Å². The number of methoxy groups -OCH3 is 1. The third kappa shape index (κ3) is 3.96. The van der Waals surface area contributed by atoms with Crippen LogP contribution in [0.4, 0.5) is 5.69 Å². The zero-order chi connectivity index (χ0) is 15.9. The van der Waals surface area contributed by atoms with Gasteiger partial charge in [-0.2, -0.15) is 0 Å². The number of rotatable bonds is 5. The summed E-state index contributed by atoms with van der Waals surface area (Å²) in [7, 11) is 1.59. The Morgan fingerprint density at radius 1 is 1.09 bits per heavy atom. The smallest absolute Gasteiger partial charge is 0.250 e. The van der Waals surface area contributed by atoms with Gasteiger partial charge in [0.25, 0.3) is 5.91 Å². The lowest BCUT2D eigenvalue weighted by atomic mass is 10.1. The van der Waals surface area contributed by atoms with E-state index in [9.17, 15) is 9.59 Å². The minimum atomic E-state index is -0.588. The number of para-hydroxylation sites is 1. The molecule has 2 aromatic carbocycles. The van der Waals surface area contributed by atoms with E-state index in [1.807, 2.05) is 12.1 Å². The molecule has 0 saturated carbocycles. The Bertz CT molecular complexity index is 706. The number of anilines is 1. The molecule has 5 heteroatoms. The van der Waals surface area contributed by atoms with E-state index in [4.69, 9.17) is 10.5 Å². The SMILES string of the molecule is COc1ccc(C=CC(=O)Nc2ccccc2C(N)=O)cc1.